The Bertz CT molecular complexity index is 375. The minimum absolute atomic E-state index is 0.137. The van der Waals surface area contributed by atoms with E-state index in [2.05, 4.69) is 0 Å². The van der Waals surface area contributed by atoms with Crippen molar-refractivity contribution < 1.29 is 39.6 Å². The molecule has 0 aromatic rings. The fourth-order valence-electron chi connectivity index (χ4n) is 2.71. The summed E-state index contributed by atoms with van der Waals surface area (Å²) in [6, 6.07) is -1.68. The zero-order valence-electron chi connectivity index (χ0n) is 9.98. The van der Waals surface area contributed by atoms with Gasteiger partial charge in [-0.25, -0.2) is 0 Å². The van der Waals surface area contributed by atoms with Gasteiger partial charge in [0.2, 0.25) is 0 Å². The van der Waals surface area contributed by atoms with Gasteiger partial charge in [0.25, 0.3) is 0 Å². The SMILES string of the molecule is O=P(O)(O)C[C@@H]1C[C@H]2[C@H](O)[C@@H](O)[C@H]([C@H](O)CO)N2O1. The zero-order valence-corrected chi connectivity index (χ0v) is 10.9. The number of aliphatic hydroxyl groups is 4. The topological polar surface area (TPSA) is 151 Å². The zero-order chi connectivity index (χ0) is 14.4. The van der Waals surface area contributed by atoms with Gasteiger partial charge in [0.1, 0.15) is 6.10 Å². The Labute approximate surface area is 109 Å². The normalized spacial score (nSPS) is 41.5. The van der Waals surface area contributed by atoms with E-state index in [0.29, 0.717) is 0 Å². The van der Waals surface area contributed by atoms with Crippen LogP contribution in [0.25, 0.3) is 0 Å². The molecule has 2 aliphatic rings. The van der Waals surface area contributed by atoms with E-state index in [9.17, 15) is 19.9 Å². The average Bonchev–Trinajstić information content (AvgIpc) is 2.77. The summed E-state index contributed by atoms with van der Waals surface area (Å²) in [5.74, 6) is 0. The fraction of sp³-hybridized carbons (Fsp3) is 1.00. The Morgan fingerprint density at radius 2 is 1.95 bits per heavy atom. The summed E-state index contributed by atoms with van der Waals surface area (Å²) in [6.45, 7) is -0.621. The van der Waals surface area contributed by atoms with Crippen LogP contribution < -0.4 is 0 Å². The number of aliphatic hydroxyl groups excluding tert-OH is 4. The van der Waals surface area contributed by atoms with Crippen molar-refractivity contribution in [2.45, 2.75) is 42.9 Å². The Kier molecular flexibility index (Phi) is 4.32. The Morgan fingerprint density at radius 1 is 1.32 bits per heavy atom. The van der Waals surface area contributed by atoms with E-state index in [1.807, 2.05) is 0 Å². The molecule has 19 heavy (non-hydrogen) atoms. The van der Waals surface area contributed by atoms with Crippen LogP contribution in [0.2, 0.25) is 0 Å². The molecule has 2 fully saturated rings. The molecule has 0 aromatic carbocycles. The molecule has 0 bridgehead atoms. The summed E-state index contributed by atoms with van der Waals surface area (Å²) in [5.41, 5.74) is 0. The molecule has 9 nitrogen and oxygen atoms in total. The average molecular weight is 299 g/mol. The molecule has 0 aromatic heterocycles. The first-order chi connectivity index (χ1) is 8.74. The molecule has 0 amide bonds. The summed E-state index contributed by atoms with van der Waals surface area (Å²) in [5, 5.41) is 39.3. The van der Waals surface area contributed by atoms with Gasteiger partial charge in [0, 0.05) is 0 Å². The van der Waals surface area contributed by atoms with Crippen LogP contribution in [-0.4, -0.2) is 84.5 Å². The first-order valence-electron chi connectivity index (χ1n) is 5.89. The molecular weight excluding hydrogens is 281 g/mol. The summed E-state index contributed by atoms with van der Waals surface area (Å²) in [7, 11) is -4.25. The molecule has 2 rings (SSSR count). The first kappa shape index (κ1) is 15.3. The van der Waals surface area contributed by atoms with Crippen LogP contribution in [0.15, 0.2) is 0 Å². The van der Waals surface area contributed by atoms with Gasteiger partial charge in [0.15, 0.2) is 0 Å². The minimum atomic E-state index is -4.25. The number of rotatable bonds is 4. The smallest absolute Gasteiger partial charge is 0.328 e. The third-order valence-corrected chi connectivity index (χ3v) is 4.40. The molecule has 0 saturated carbocycles. The Morgan fingerprint density at radius 3 is 2.47 bits per heavy atom. The predicted octanol–water partition coefficient (Wildman–Crippen LogP) is -3.00. The second-order valence-corrected chi connectivity index (χ2v) is 6.65. The van der Waals surface area contributed by atoms with Crippen LogP contribution in [0.5, 0.6) is 0 Å². The van der Waals surface area contributed by atoms with E-state index in [0.717, 1.165) is 5.06 Å². The highest BCUT2D eigenvalue weighted by molar-refractivity contribution is 7.51. The number of fused-ring (bicyclic) bond motifs is 1. The van der Waals surface area contributed by atoms with Crippen LogP contribution in [0.4, 0.5) is 0 Å². The fourth-order valence-corrected chi connectivity index (χ4v) is 3.45. The van der Waals surface area contributed by atoms with Crippen LogP contribution in [0.1, 0.15) is 6.42 Å². The van der Waals surface area contributed by atoms with Gasteiger partial charge in [-0.05, 0) is 6.42 Å². The summed E-state index contributed by atoms with van der Waals surface area (Å²) >= 11 is 0. The molecule has 2 heterocycles. The molecule has 2 aliphatic heterocycles. The third kappa shape index (κ3) is 2.99. The molecular formula is C9H18NO8P. The molecule has 6 N–H and O–H groups in total. The monoisotopic (exact) mass is 299 g/mol. The van der Waals surface area contributed by atoms with Gasteiger partial charge in [-0.1, -0.05) is 0 Å². The largest absolute Gasteiger partial charge is 0.394 e. The van der Waals surface area contributed by atoms with Crippen molar-refractivity contribution in [2.24, 2.45) is 0 Å². The quantitative estimate of drug-likeness (QED) is 0.298. The molecule has 0 aliphatic carbocycles. The van der Waals surface area contributed by atoms with E-state index in [4.69, 9.17) is 19.7 Å². The van der Waals surface area contributed by atoms with Crippen LogP contribution in [-0.2, 0) is 9.40 Å². The highest BCUT2D eigenvalue weighted by Crippen LogP contribution is 2.43. The van der Waals surface area contributed by atoms with Crippen LogP contribution in [0.3, 0.4) is 0 Å². The van der Waals surface area contributed by atoms with Gasteiger partial charge < -0.3 is 30.2 Å². The van der Waals surface area contributed by atoms with Crippen molar-refractivity contribution in [2.75, 3.05) is 12.8 Å². The standard InChI is InChI=1S/C9H18NO8P/c11-2-6(12)7-9(14)8(13)5-1-4(18-10(5)7)3-19(15,16)17/h4-9,11-14H,1-3H2,(H2,15,16,17)/t4-,5-,6+,7-,8-,9-/m0/s1. The maximum Gasteiger partial charge on any atom is 0.328 e. The Balaban J connectivity index is 2.10. The van der Waals surface area contributed by atoms with Gasteiger partial charge in [0.05, 0.1) is 43.2 Å². The molecule has 2 saturated heterocycles. The highest BCUT2D eigenvalue weighted by atomic mass is 31.2. The molecule has 0 unspecified atom stereocenters. The van der Waals surface area contributed by atoms with E-state index >= 15 is 0 Å². The first-order valence-corrected chi connectivity index (χ1v) is 7.69. The highest BCUT2D eigenvalue weighted by Gasteiger charge is 2.56. The summed E-state index contributed by atoms with van der Waals surface area (Å²) in [6.07, 6.45) is -4.95. The number of hydrogen-bond donors (Lipinski definition) is 6. The number of hydroxylamine groups is 2. The van der Waals surface area contributed by atoms with Gasteiger partial charge in [-0.15, -0.1) is 0 Å². The van der Waals surface area contributed by atoms with Crippen molar-refractivity contribution in [1.82, 2.24) is 5.06 Å². The lowest BCUT2D eigenvalue weighted by Crippen LogP contribution is -2.47. The van der Waals surface area contributed by atoms with E-state index in [1.165, 1.54) is 0 Å². The van der Waals surface area contributed by atoms with Crippen LogP contribution in [0, 0.1) is 0 Å². The number of hydrogen-bond acceptors (Lipinski definition) is 7. The summed E-state index contributed by atoms with van der Waals surface area (Å²) < 4.78 is 10.9. The Hall–Kier alpha value is -0.0900. The van der Waals surface area contributed by atoms with Crippen molar-refractivity contribution in [3.8, 4) is 0 Å². The lowest BCUT2D eigenvalue weighted by atomic mass is 10.0. The molecule has 10 heteroatoms. The molecule has 6 atom stereocenters. The molecule has 112 valence electrons. The van der Waals surface area contributed by atoms with Gasteiger partial charge in [-0.3, -0.25) is 9.40 Å². The van der Waals surface area contributed by atoms with E-state index in [1.54, 1.807) is 0 Å². The van der Waals surface area contributed by atoms with E-state index in [-0.39, 0.29) is 6.42 Å². The number of nitrogens with zero attached hydrogens (tertiary/aromatic N) is 1. The lowest BCUT2D eigenvalue weighted by Gasteiger charge is -2.27. The van der Waals surface area contributed by atoms with Crippen molar-refractivity contribution >= 4 is 7.60 Å². The maximum atomic E-state index is 10.9. The third-order valence-electron chi connectivity index (χ3n) is 3.51. The minimum Gasteiger partial charge on any atom is -0.394 e. The van der Waals surface area contributed by atoms with Crippen molar-refractivity contribution in [3.63, 3.8) is 0 Å². The maximum absolute atomic E-state index is 10.9. The second kappa shape index (κ2) is 5.36. The molecule has 0 radical (unpaired) electrons. The van der Waals surface area contributed by atoms with Gasteiger partial charge in [-0.2, -0.15) is 5.06 Å². The van der Waals surface area contributed by atoms with Crippen LogP contribution >= 0.6 is 7.60 Å². The molecule has 0 spiro atoms. The lowest BCUT2D eigenvalue weighted by molar-refractivity contribution is -0.200. The predicted molar refractivity (Wildman–Crippen MR) is 60.9 cm³/mol. The summed E-state index contributed by atoms with van der Waals surface area (Å²) in [4.78, 5) is 23.1. The van der Waals surface area contributed by atoms with Crippen molar-refractivity contribution in [1.29, 1.82) is 0 Å². The second-order valence-electron chi connectivity index (χ2n) is 4.96. The van der Waals surface area contributed by atoms with E-state index < -0.39 is 56.9 Å². The van der Waals surface area contributed by atoms with Crippen molar-refractivity contribution in [3.05, 3.63) is 0 Å². The van der Waals surface area contributed by atoms with Gasteiger partial charge >= 0.3 is 7.60 Å².